The van der Waals surface area contributed by atoms with Crippen molar-refractivity contribution < 1.29 is 4.42 Å². The SMILES string of the molecule is CCCCc1nc2scc(-c3ccc(Cl)cc3)c2c(=O)o1. The predicted octanol–water partition coefficient (Wildman–Crippen LogP) is 4.91. The Morgan fingerprint density at radius 3 is 2.76 bits per heavy atom. The van der Waals surface area contributed by atoms with Crippen LogP contribution in [0.3, 0.4) is 0 Å². The highest BCUT2D eigenvalue weighted by Crippen LogP contribution is 2.31. The number of thiophene rings is 1. The predicted molar refractivity (Wildman–Crippen MR) is 87.2 cm³/mol. The maximum Gasteiger partial charge on any atom is 0.348 e. The Labute approximate surface area is 131 Å². The number of hydrogen-bond donors (Lipinski definition) is 0. The summed E-state index contributed by atoms with van der Waals surface area (Å²) in [5.74, 6) is 0.527. The number of rotatable bonds is 4. The van der Waals surface area contributed by atoms with Crippen LogP contribution in [0.25, 0.3) is 21.3 Å². The van der Waals surface area contributed by atoms with E-state index < -0.39 is 0 Å². The van der Waals surface area contributed by atoms with Crippen molar-refractivity contribution in [1.29, 1.82) is 0 Å². The standard InChI is InChI=1S/C16H14ClNO2S/c1-2-3-4-13-18-15-14(16(19)20-13)12(9-21-15)10-5-7-11(17)8-6-10/h5-9H,2-4H2,1H3. The smallest absolute Gasteiger partial charge is 0.348 e. The fourth-order valence-electron chi connectivity index (χ4n) is 2.20. The normalized spacial score (nSPS) is 11.1. The van der Waals surface area contributed by atoms with Crippen molar-refractivity contribution in [3.8, 4) is 11.1 Å². The van der Waals surface area contributed by atoms with Crippen molar-refractivity contribution >= 4 is 33.2 Å². The molecule has 0 amide bonds. The van der Waals surface area contributed by atoms with Crippen LogP contribution in [0, 0.1) is 0 Å². The van der Waals surface area contributed by atoms with Gasteiger partial charge in [0, 0.05) is 22.4 Å². The minimum Gasteiger partial charge on any atom is -0.408 e. The molecule has 21 heavy (non-hydrogen) atoms. The molecule has 0 bridgehead atoms. The molecule has 0 aliphatic carbocycles. The number of fused-ring (bicyclic) bond motifs is 1. The zero-order chi connectivity index (χ0) is 14.8. The first-order valence-corrected chi connectivity index (χ1v) is 8.12. The lowest BCUT2D eigenvalue weighted by molar-refractivity contribution is 0.438. The zero-order valence-electron chi connectivity index (χ0n) is 11.6. The van der Waals surface area contributed by atoms with E-state index in [-0.39, 0.29) is 5.63 Å². The van der Waals surface area contributed by atoms with Crippen LogP contribution in [-0.4, -0.2) is 4.98 Å². The summed E-state index contributed by atoms with van der Waals surface area (Å²) in [5, 5.41) is 3.18. The van der Waals surface area contributed by atoms with Gasteiger partial charge in [-0.3, -0.25) is 0 Å². The first kappa shape index (κ1) is 14.3. The molecule has 0 fully saturated rings. The molecule has 108 valence electrons. The number of benzene rings is 1. The molecule has 0 aliphatic heterocycles. The lowest BCUT2D eigenvalue weighted by Gasteiger charge is -2.00. The summed E-state index contributed by atoms with van der Waals surface area (Å²) in [4.78, 5) is 17.5. The van der Waals surface area contributed by atoms with Gasteiger partial charge in [-0.2, -0.15) is 0 Å². The molecule has 0 spiro atoms. The van der Waals surface area contributed by atoms with Gasteiger partial charge in [-0.05, 0) is 24.1 Å². The summed E-state index contributed by atoms with van der Waals surface area (Å²) in [6, 6.07) is 7.42. The fourth-order valence-corrected chi connectivity index (χ4v) is 3.27. The van der Waals surface area contributed by atoms with Crippen LogP contribution in [0.2, 0.25) is 5.02 Å². The number of nitrogens with zero attached hydrogens (tertiary/aromatic N) is 1. The van der Waals surface area contributed by atoms with Crippen molar-refractivity contribution in [3.63, 3.8) is 0 Å². The van der Waals surface area contributed by atoms with E-state index in [2.05, 4.69) is 11.9 Å². The van der Waals surface area contributed by atoms with Gasteiger partial charge in [0.2, 0.25) is 0 Å². The molecule has 0 saturated carbocycles. The van der Waals surface area contributed by atoms with Gasteiger partial charge in [-0.1, -0.05) is 37.1 Å². The van der Waals surface area contributed by atoms with Crippen LogP contribution in [0.5, 0.6) is 0 Å². The number of hydrogen-bond acceptors (Lipinski definition) is 4. The Hall–Kier alpha value is -1.65. The first-order valence-electron chi connectivity index (χ1n) is 6.86. The minimum atomic E-state index is -0.308. The molecule has 2 heterocycles. The maximum atomic E-state index is 12.3. The number of aromatic nitrogens is 1. The number of unbranched alkanes of at least 4 members (excludes halogenated alkanes) is 1. The third-order valence-electron chi connectivity index (χ3n) is 3.31. The molecule has 3 nitrogen and oxygen atoms in total. The zero-order valence-corrected chi connectivity index (χ0v) is 13.1. The van der Waals surface area contributed by atoms with Gasteiger partial charge in [0.25, 0.3) is 0 Å². The van der Waals surface area contributed by atoms with Crippen LogP contribution in [0.15, 0.2) is 38.9 Å². The largest absolute Gasteiger partial charge is 0.408 e. The molecule has 0 atom stereocenters. The average molecular weight is 320 g/mol. The first-order chi connectivity index (χ1) is 10.2. The molecular formula is C16H14ClNO2S. The van der Waals surface area contributed by atoms with Crippen LogP contribution < -0.4 is 5.63 Å². The molecular weight excluding hydrogens is 306 g/mol. The van der Waals surface area contributed by atoms with Crippen molar-refractivity contribution in [2.75, 3.05) is 0 Å². The van der Waals surface area contributed by atoms with Gasteiger partial charge < -0.3 is 4.42 Å². The van der Waals surface area contributed by atoms with E-state index in [9.17, 15) is 4.79 Å². The third-order valence-corrected chi connectivity index (χ3v) is 4.44. The molecule has 5 heteroatoms. The summed E-state index contributed by atoms with van der Waals surface area (Å²) in [6.45, 7) is 2.10. The quantitative estimate of drug-likeness (QED) is 0.686. The molecule has 0 saturated heterocycles. The molecule has 1 aromatic carbocycles. The second kappa shape index (κ2) is 6.00. The van der Waals surface area contributed by atoms with Gasteiger partial charge >= 0.3 is 5.63 Å². The van der Waals surface area contributed by atoms with Crippen molar-refractivity contribution in [2.45, 2.75) is 26.2 Å². The molecule has 0 N–H and O–H groups in total. The Morgan fingerprint density at radius 1 is 1.29 bits per heavy atom. The van der Waals surface area contributed by atoms with Crippen LogP contribution in [0.4, 0.5) is 0 Å². The Bertz CT molecular complexity index is 820. The Kier molecular flexibility index (Phi) is 4.08. The van der Waals surface area contributed by atoms with Crippen molar-refractivity contribution in [1.82, 2.24) is 4.98 Å². The van der Waals surface area contributed by atoms with Crippen LogP contribution in [0.1, 0.15) is 25.7 Å². The van der Waals surface area contributed by atoms with Crippen LogP contribution in [-0.2, 0) is 6.42 Å². The van der Waals surface area contributed by atoms with E-state index in [0.29, 0.717) is 22.7 Å². The van der Waals surface area contributed by atoms with E-state index in [1.54, 1.807) is 0 Å². The fraction of sp³-hybridized carbons (Fsp3) is 0.250. The summed E-state index contributed by atoms with van der Waals surface area (Å²) in [5.41, 5.74) is 1.49. The molecule has 2 aromatic heterocycles. The average Bonchev–Trinajstić information content (AvgIpc) is 2.90. The topological polar surface area (TPSA) is 43.1 Å². The van der Waals surface area contributed by atoms with Crippen molar-refractivity contribution in [3.05, 3.63) is 51.0 Å². The van der Waals surface area contributed by atoms with Gasteiger partial charge in [0.05, 0.1) is 0 Å². The Morgan fingerprint density at radius 2 is 2.05 bits per heavy atom. The van der Waals surface area contributed by atoms with E-state index in [1.165, 1.54) is 11.3 Å². The molecule has 3 aromatic rings. The van der Waals surface area contributed by atoms with Gasteiger partial charge in [-0.25, -0.2) is 9.78 Å². The molecule has 3 rings (SSSR count). The summed E-state index contributed by atoms with van der Waals surface area (Å²) < 4.78 is 5.35. The van der Waals surface area contributed by atoms with Crippen LogP contribution >= 0.6 is 22.9 Å². The van der Waals surface area contributed by atoms with Gasteiger partial charge in [0.15, 0.2) is 5.89 Å². The highest BCUT2D eigenvalue weighted by atomic mass is 35.5. The Balaban J connectivity index is 2.10. The molecule has 0 radical (unpaired) electrons. The lowest BCUT2D eigenvalue weighted by atomic mass is 10.1. The summed E-state index contributed by atoms with van der Waals surface area (Å²) in [7, 11) is 0. The van der Waals surface area contributed by atoms with Crippen molar-refractivity contribution in [2.24, 2.45) is 0 Å². The number of halogens is 1. The van der Waals surface area contributed by atoms with E-state index >= 15 is 0 Å². The summed E-state index contributed by atoms with van der Waals surface area (Å²) in [6.07, 6.45) is 2.72. The minimum absolute atomic E-state index is 0.308. The maximum absolute atomic E-state index is 12.3. The highest BCUT2D eigenvalue weighted by Gasteiger charge is 2.14. The third kappa shape index (κ3) is 2.87. The molecule has 0 unspecified atom stereocenters. The van der Waals surface area contributed by atoms with Gasteiger partial charge in [0.1, 0.15) is 10.2 Å². The number of aryl methyl sites for hydroxylation is 1. The second-order valence-electron chi connectivity index (χ2n) is 4.84. The lowest BCUT2D eigenvalue weighted by Crippen LogP contribution is -2.04. The van der Waals surface area contributed by atoms with E-state index in [1.807, 2.05) is 29.6 Å². The summed E-state index contributed by atoms with van der Waals surface area (Å²) >= 11 is 7.37. The second-order valence-corrected chi connectivity index (χ2v) is 6.13. The van der Waals surface area contributed by atoms with Gasteiger partial charge in [-0.15, -0.1) is 11.3 Å². The monoisotopic (exact) mass is 319 g/mol. The van der Waals surface area contributed by atoms with E-state index in [4.69, 9.17) is 16.0 Å². The van der Waals surface area contributed by atoms with E-state index in [0.717, 1.165) is 28.8 Å². The molecule has 0 aliphatic rings. The highest BCUT2D eigenvalue weighted by molar-refractivity contribution is 7.17.